The van der Waals surface area contributed by atoms with Gasteiger partial charge in [-0.25, -0.2) is 4.98 Å². The lowest BCUT2D eigenvalue weighted by Gasteiger charge is -2.28. The van der Waals surface area contributed by atoms with E-state index in [1.807, 2.05) is 31.2 Å². The second-order valence-corrected chi connectivity index (χ2v) is 8.77. The van der Waals surface area contributed by atoms with Gasteiger partial charge in [0.25, 0.3) is 5.91 Å². The molecule has 166 valence electrons. The van der Waals surface area contributed by atoms with Gasteiger partial charge in [0.2, 0.25) is 5.88 Å². The zero-order valence-corrected chi connectivity index (χ0v) is 19.1. The number of carbonyl (C=O) groups excluding carboxylic acids is 1. The molecule has 0 saturated heterocycles. The number of benzene rings is 1. The lowest BCUT2D eigenvalue weighted by molar-refractivity contribution is 0.0823. The zero-order valence-electron chi connectivity index (χ0n) is 19.1. The maximum Gasteiger partial charge on any atom is 0.258 e. The van der Waals surface area contributed by atoms with Crippen molar-refractivity contribution in [2.75, 3.05) is 26.2 Å². The molecule has 1 amide bonds. The first-order chi connectivity index (χ1) is 15.4. The fourth-order valence-corrected chi connectivity index (χ4v) is 4.72. The van der Waals surface area contributed by atoms with E-state index in [4.69, 9.17) is 9.84 Å². The Bertz CT molecular complexity index is 1100. The van der Waals surface area contributed by atoms with E-state index in [0.29, 0.717) is 22.9 Å². The summed E-state index contributed by atoms with van der Waals surface area (Å²) in [5.41, 5.74) is 4.69. The lowest BCUT2D eigenvalue weighted by atomic mass is 9.92. The van der Waals surface area contributed by atoms with Crippen LogP contribution in [0.3, 0.4) is 0 Å². The molecule has 7 nitrogen and oxygen atoms in total. The van der Waals surface area contributed by atoms with E-state index in [-0.39, 0.29) is 11.9 Å². The number of hydrogen-bond acceptors (Lipinski definition) is 6. The number of anilines is 1. The van der Waals surface area contributed by atoms with Crippen LogP contribution in [0, 0.1) is 24.2 Å². The maximum absolute atomic E-state index is 12.4. The second-order valence-electron chi connectivity index (χ2n) is 8.77. The Morgan fingerprint density at radius 3 is 2.59 bits per heavy atom. The van der Waals surface area contributed by atoms with E-state index in [9.17, 15) is 10.1 Å². The average Bonchev–Trinajstić information content (AvgIpc) is 3.48. The van der Waals surface area contributed by atoms with Crippen molar-refractivity contribution in [2.45, 2.75) is 45.1 Å². The molecular formula is C25H29N5O2. The topological polar surface area (TPSA) is 81.8 Å². The van der Waals surface area contributed by atoms with Gasteiger partial charge in [0.15, 0.2) is 0 Å². The van der Waals surface area contributed by atoms with Gasteiger partial charge in [-0.2, -0.15) is 10.4 Å². The molecule has 2 aliphatic rings. The molecule has 1 fully saturated rings. The molecule has 32 heavy (non-hydrogen) atoms. The van der Waals surface area contributed by atoms with Crippen LogP contribution in [-0.4, -0.2) is 48.7 Å². The SMILES string of the molecule is COc1nc(C2=NN(c3ccc(C#N)c(C)c3)C(C3CCCC3)C2)ccc1C(=O)N(C)C. The Kier molecular flexibility index (Phi) is 6.13. The molecule has 1 aromatic heterocycles. The third-order valence-corrected chi connectivity index (χ3v) is 6.47. The van der Waals surface area contributed by atoms with Crippen molar-refractivity contribution in [2.24, 2.45) is 11.0 Å². The molecule has 4 rings (SSSR count). The number of carbonyl (C=O) groups is 1. The largest absolute Gasteiger partial charge is 0.480 e. The maximum atomic E-state index is 12.4. The average molecular weight is 432 g/mol. The predicted molar refractivity (Wildman–Crippen MR) is 124 cm³/mol. The number of methoxy groups -OCH3 is 1. The van der Waals surface area contributed by atoms with Crippen LogP contribution in [-0.2, 0) is 0 Å². The number of pyridine rings is 1. The highest BCUT2D eigenvalue weighted by Gasteiger charge is 2.36. The van der Waals surface area contributed by atoms with Gasteiger partial charge in [-0.05, 0) is 61.6 Å². The highest BCUT2D eigenvalue weighted by molar-refractivity contribution is 6.03. The van der Waals surface area contributed by atoms with E-state index < -0.39 is 0 Å². The summed E-state index contributed by atoms with van der Waals surface area (Å²) in [5, 5.41) is 16.4. The molecule has 0 N–H and O–H groups in total. The van der Waals surface area contributed by atoms with Gasteiger partial charge in [0.1, 0.15) is 5.56 Å². The molecule has 0 spiro atoms. The second kappa shape index (κ2) is 8.99. The Balaban J connectivity index is 1.71. The Labute approximate surface area is 189 Å². The highest BCUT2D eigenvalue weighted by Crippen LogP contribution is 2.38. The third kappa shape index (κ3) is 4.05. The van der Waals surface area contributed by atoms with Crippen LogP contribution < -0.4 is 9.75 Å². The minimum absolute atomic E-state index is 0.146. The number of amides is 1. The summed E-state index contributed by atoms with van der Waals surface area (Å²) in [7, 11) is 4.95. The molecule has 0 radical (unpaired) electrons. The molecule has 2 aromatic rings. The molecule has 1 unspecified atom stereocenters. The van der Waals surface area contributed by atoms with Crippen LogP contribution in [0.5, 0.6) is 5.88 Å². The van der Waals surface area contributed by atoms with E-state index in [2.05, 4.69) is 16.1 Å². The number of ether oxygens (including phenoxy) is 1. The van der Waals surface area contributed by atoms with Crippen LogP contribution in [0.2, 0.25) is 0 Å². The van der Waals surface area contributed by atoms with E-state index in [1.165, 1.54) is 37.7 Å². The van der Waals surface area contributed by atoms with Crippen molar-refractivity contribution >= 4 is 17.3 Å². The summed E-state index contributed by atoms with van der Waals surface area (Å²) >= 11 is 0. The number of aromatic nitrogens is 1. The summed E-state index contributed by atoms with van der Waals surface area (Å²) in [6, 6.07) is 12.0. The number of nitrogens with zero attached hydrogens (tertiary/aromatic N) is 5. The van der Waals surface area contributed by atoms with Crippen LogP contribution >= 0.6 is 0 Å². The Morgan fingerprint density at radius 1 is 1.22 bits per heavy atom. The zero-order chi connectivity index (χ0) is 22.8. The molecule has 1 aromatic carbocycles. The molecule has 1 aliphatic heterocycles. The number of nitriles is 1. The van der Waals surface area contributed by atoms with Crippen molar-refractivity contribution in [1.29, 1.82) is 5.26 Å². The fraction of sp³-hybridized carbons (Fsp3) is 0.440. The Hall–Kier alpha value is -3.40. The number of hydrogen-bond donors (Lipinski definition) is 0. The summed E-state index contributed by atoms with van der Waals surface area (Å²) in [6.07, 6.45) is 5.70. The van der Waals surface area contributed by atoms with Crippen LogP contribution in [0.1, 0.15) is 59.3 Å². The van der Waals surface area contributed by atoms with Crippen molar-refractivity contribution in [1.82, 2.24) is 9.88 Å². The first kappa shape index (κ1) is 21.8. The summed E-state index contributed by atoms with van der Waals surface area (Å²) in [6.45, 7) is 1.96. The number of aryl methyl sites for hydroxylation is 1. The van der Waals surface area contributed by atoms with Crippen LogP contribution in [0.15, 0.2) is 35.4 Å². The number of hydrazone groups is 1. The summed E-state index contributed by atoms with van der Waals surface area (Å²) in [5.74, 6) is 0.741. The normalized spacial score (nSPS) is 18.4. The molecule has 2 heterocycles. The van der Waals surface area contributed by atoms with Gasteiger partial charge >= 0.3 is 0 Å². The number of rotatable bonds is 5. The van der Waals surface area contributed by atoms with E-state index >= 15 is 0 Å². The monoisotopic (exact) mass is 431 g/mol. The quantitative estimate of drug-likeness (QED) is 0.710. The third-order valence-electron chi connectivity index (χ3n) is 6.47. The standard InChI is InChI=1S/C25H29N5O2/c1-16-13-19(10-9-18(16)15-26)30-23(17-7-5-6-8-17)14-22(28-30)21-12-11-20(24(27-21)32-4)25(31)29(2)3/h9-13,17,23H,5-8,14H2,1-4H3. The van der Waals surface area contributed by atoms with Gasteiger partial charge in [-0.15, -0.1) is 0 Å². The van der Waals surface area contributed by atoms with E-state index in [0.717, 1.165) is 29.1 Å². The van der Waals surface area contributed by atoms with Gasteiger partial charge in [-0.3, -0.25) is 9.80 Å². The van der Waals surface area contributed by atoms with Gasteiger partial charge < -0.3 is 9.64 Å². The van der Waals surface area contributed by atoms with Crippen molar-refractivity contribution < 1.29 is 9.53 Å². The minimum Gasteiger partial charge on any atom is -0.480 e. The molecule has 1 atom stereocenters. The minimum atomic E-state index is -0.146. The van der Waals surface area contributed by atoms with Gasteiger partial charge in [0.05, 0.1) is 41.9 Å². The fourth-order valence-electron chi connectivity index (χ4n) is 4.72. The molecule has 0 bridgehead atoms. The molecule has 7 heteroatoms. The van der Waals surface area contributed by atoms with E-state index in [1.54, 1.807) is 20.2 Å². The highest BCUT2D eigenvalue weighted by atomic mass is 16.5. The molecule has 1 aliphatic carbocycles. The van der Waals surface area contributed by atoms with Crippen molar-refractivity contribution in [3.63, 3.8) is 0 Å². The predicted octanol–water partition coefficient (Wildman–Crippen LogP) is 4.15. The molecular weight excluding hydrogens is 402 g/mol. The summed E-state index contributed by atoms with van der Waals surface area (Å²) in [4.78, 5) is 18.6. The molecule has 1 saturated carbocycles. The Morgan fingerprint density at radius 2 is 1.97 bits per heavy atom. The first-order valence-corrected chi connectivity index (χ1v) is 11.1. The van der Waals surface area contributed by atoms with Crippen molar-refractivity contribution in [3.8, 4) is 11.9 Å². The van der Waals surface area contributed by atoms with Gasteiger partial charge in [-0.1, -0.05) is 12.8 Å². The smallest absolute Gasteiger partial charge is 0.258 e. The van der Waals surface area contributed by atoms with Gasteiger partial charge in [0, 0.05) is 20.5 Å². The lowest BCUT2D eigenvalue weighted by Crippen LogP contribution is -2.32. The van der Waals surface area contributed by atoms with Crippen molar-refractivity contribution in [3.05, 3.63) is 52.7 Å². The summed E-state index contributed by atoms with van der Waals surface area (Å²) < 4.78 is 5.44. The van der Waals surface area contributed by atoms with Crippen LogP contribution in [0.25, 0.3) is 0 Å². The van der Waals surface area contributed by atoms with Crippen LogP contribution in [0.4, 0.5) is 5.69 Å². The first-order valence-electron chi connectivity index (χ1n) is 11.1.